The molecule has 2 aromatic carbocycles. The van der Waals surface area contributed by atoms with Gasteiger partial charge in [-0.05, 0) is 23.6 Å². The predicted octanol–water partition coefficient (Wildman–Crippen LogP) is 4.22. The smallest absolute Gasteiger partial charge is 0.410 e. The first-order valence-electron chi connectivity index (χ1n) is 8.29. The Bertz CT molecular complexity index is 709. The highest BCUT2D eigenvalue weighted by atomic mass is 16.6. The molecule has 4 nitrogen and oxygen atoms in total. The summed E-state index contributed by atoms with van der Waals surface area (Å²) in [4.78, 5) is 25.7. The summed E-state index contributed by atoms with van der Waals surface area (Å²) in [5, 5.41) is 0. The van der Waals surface area contributed by atoms with Gasteiger partial charge in [-0.1, -0.05) is 54.6 Å². The largest absolute Gasteiger partial charge is 0.450 e. The van der Waals surface area contributed by atoms with Gasteiger partial charge in [-0.2, -0.15) is 0 Å². The van der Waals surface area contributed by atoms with E-state index in [2.05, 4.69) is 12.1 Å². The molecule has 1 aliphatic heterocycles. The molecule has 124 valence electrons. The maximum Gasteiger partial charge on any atom is 0.410 e. The van der Waals surface area contributed by atoms with Crippen LogP contribution in [0.3, 0.4) is 0 Å². The van der Waals surface area contributed by atoms with Crippen LogP contribution in [0.4, 0.5) is 4.79 Å². The van der Waals surface area contributed by atoms with Crippen LogP contribution in [0.15, 0.2) is 54.6 Å². The summed E-state index contributed by atoms with van der Waals surface area (Å²) >= 11 is 0. The minimum absolute atomic E-state index is 0.188. The van der Waals surface area contributed by atoms with Gasteiger partial charge in [0.05, 0.1) is 12.6 Å². The molecule has 0 N–H and O–H groups in total. The lowest BCUT2D eigenvalue weighted by molar-refractivity contribution is -0.122. The molecular formula is C20H21NO3. The average Bonchev–Trinajstić information content (AvgIpc) is 2.63. The summed E-state index contributed by atoms with van der Waals surface area (Å²) in [6.07, 6.45) is 0.406. The van der Waals surface area contributed by atoms with Crippen LogP contribution >= 0.6 is 0 Å². The molecule has 0 aromatic heterocycles. The van der Waals surface area contributed by atoms with Crippen molar-refractivity contribution in [2.24, 2.45) is 0 Å². The van der Waals surface area contributed by atoms with Gasteiger partial charge in [0, 0.05) is 19.4 Å². The fourth-order valence-electron chi connectivity index (χ4n) is 3.08. The SMILES string of the molecule is CCOC(=O)N1CCC(=O)C[C@@H]1c1ccc(-c2ccccc2)cc1. The molecule has 1 saturated heterocycles. The van der Waals surface area contributed by atoms with Crippen LogP contribution in [0.25, 0.3) is 11.1 Å². The molecule has 1 atom stereocenters. The van der Waals surface area contributed by atoms with Crippen molar-refractivity contribution < 1.29 is 14.3 Å². The molecule has 1 aliphatic rings. The Kier molecular flexibility index (Phi) is 4.94. The number of ketones is 1. The lowest BCUT2D eigenvalue weighted by Gasteiger charge is -2.34. The van der Waals surface area contributed by atoms with Crippen LogP contribution in [-0.4, -0.2) is 29.9 Å². The standard InChI is InChI=1S/C20H21NO3/c1-2-24-20(23)21-13-12-18(22)14-19(21)17-10-8-16(9-11-17)15-6-4-3-5-7-15/h3-11,19H,2,12-14H2,1H3/t19-/m1/s1. The van der Waals surface area contributed by atoms with Crippen LogP contribution in [0.1, 0.15) is 31.4 Å². The molecule has 1 heterocycles. The van der Waals surface area contributed by atoms with Crippen LogP contribution in [-0.2, 0) is 9.53 Å². The lowest BCUT2D eigenvalue weighted by Crippen LogP contribution is -2.41. The zero-order valence-electron chi connectivity index (χ0n) is 13.8. The van der Waals surface area contributed by atoms with Crippen molar-refractivity contribution in [3.05, 3.63) is 60.2 Å². The second-order valence-electron chi connectivity index (χ2n) is 5.89. The molecule has 0 aliphatic carbocycles. The molecule has 0 bridgehead atoms. The quantitative estimate of drug-likeness (QED) is 0.850. The van der Waals surface area contributed by atoms with Gasteiger partial charge in [0.25, 0.3) is 0 Å². The van der Waals surface area contributed by atoms with Crippen molar-refractivity contribution in [3.8, 4) is 11.1 Å². The summed E-state index contributed by atoms with van der Waals surface area (Å²) in [6, 6.07) is 17.9. The Morgan fingerprint density at radius 3 is 2.42 bits per heavy atom. The van der Waals surface area contributed by atoms with E-state index >= 15 is 0 Å². The van der Waals surface area contributed by atoms with Gasteiger partial charge in [0.1, 0.15) is 5.78 Å². The van der Waals surface area contributed by atoms with Gasteiger partial charge >= 0.3 is 6.09 Å². The van der Waals surface area contributed by atoms with Crippen molar-refractivity contribution in [1.29, 1.82) is 0 Å². The number of rotatable bonds is 3. The number of Topliss-reactive ketones (excluding diaryl/α,β-unsaturated/α-hetero) is 1. The minimum Gasteiger partial charge on any atom is -0.450 e. The van der Waals surface area contributed by atoms with E-state index < -0.39 is 0 Å². The summed E-state index contributed by atoms with van der Waals surface area (Å²) in [7, 11) is 0. The average molecular weight is 323 g/mol. The van der Waals surface area contributed by atoms with Crippen molar-refractivity contribution in [2.45, 2.75) is 25.8 Å². The molecule has 0 unspecified atom stereocenters. The Labute approximate surface area is 142 Å². The van der Waals surface area contributed by atoms with E-state index in [1.807, 2.05) is 42.5 Å². The molecule has 0 radical (unpaired) electrons. The molecular weight excluding hydrogens is 302 g/mol. The van der Waals surface area contributed by atoms with Crippen molar-refractivity contribution in [1.82, 2.24) is 4.90 Å². The fraction of sp³-hybridized carbons (Fsp3) is 0.300. The monoisotopic (exact) mass is 323 g/mol. The fourth-order valence-corrected chi connectivity index (χ4v) is 3.08. The predicted molar refractivity (Wildman–Crippen MR) is 92.6 cm³/mol. The van der Waals surface area contributed by atoms with Crippen LogP contribution in [0.5, 0.6) is 0 Å². The van der Waals surface area contributed by atoms with Gasteiger partial charge in [0.2, 0.25) is 0 Å². The maximum atomic E-state index is 12.2. The van der Waals surface area contributed by atoms with E-state index in [1.165, 1.54) is 0 Å². The van der Waals surface area contributed by atoms with E-state index in [0.29, 0.717) is 26.0 Å². The number of ether oxygens (including phenoxy) is 1. The van der Waals surface area contributed by atoms with Gasteiger partial charge in [0.15, 0.2) is 0 Å². The highest BCUT2D eigenvalue weighted by molar-refractivity contribution is 5.82. The summed E-state index contributed by atoms with van der Waals surface area (Å²) < 4.78 is 5.14. The highest BCUT2D eigenvalue weighted by Gasteiger charge is 2.32. The number of carbonyl (C=O) groups excluding carboxylic acids is 2. The van der Waals surface area contributed by atoms with Crippen molar-refractivity contribution in [2.75, 3.05) is 13.2 Å². The third-order valence-electron chi connectivity index (χ3n) is 4.33. The van der Waals surface area contributed by atoms with Gasteiger partial charge < -0.3 is 9.64 Å². The van der Waals surface area contributed by atoms with Crippen molar-refractivity contribution >= 4 is 11.9 Å². The van der Waals surface area contributed by atoms with Crippen molar-refractivity contribution in [3.63, 3.8) is 0 Å². The Morgan fingerprint density at radius 1 is 1.08 bits per heavy atom. The normalized spacial score (nSPS) is 17.6. The zero-order chi connectivity index (χ0) is 16.9. The number of carbonyl (C=O) groups is 2. The van der Waals surface area contributed by atoms with Crippen LogP contribution in [0.2, 0.25) is 0 Å². The van der Waals surface area contributed by atoms with E-state index in [1.54, 1.807) is 11.8 Å². The van der Waals surface area contributed by atoms with Crippen LogP contribution < -0.4 is 0 Å². The molecule has 2 aromatic rings. The number of amides is 1. The maximum absolute atomic E-state index is 12.2. The molecule has 0 saturated carbocycles. The Hall–Kier alpha value is -2.62. The number of hydrogen-bond donors (Lipinski definition) is 0. The number of hydrogen-bond acceptors (Lipinski definition) is 3. The van der Waals surface area contributed by atoms with Gasteiger partial charge in [-0.15, -0.1) is 0 Å². The molecule has 4 heteroatoms. The summed E-state index contributed by atoms with van der Waals surface area (Å²) in [6.45, 7) is 2.54. The third kappa shape index (κ3) is 3.48. The third-order valence-corrected chi connectivity index (χ3v) is 4.33. The lowest BCUT2D eigenvalue weighted by atomic mass is 9.93. The van der Waals surface area contributed by atoms with E-state index in [9.17, 15) is 9.59 Å². The summed E-state index contributed by atoms with van der Waals surface area (Å²) in [5.41, 5.74) is 3.23. The number of likely N-dealkylation sites (tertiary alicyclic amines) is 1. The van der Waals surface area contributed by atoms with E-state index in [-0.39, 0.29) is 17.9 Å². The van der Waals surface area contributed by atoms with Gasteiger partial charge in [-0.3, -0.25) is 4.79 Å². The second-order valence-corrected chi connectivity index (χ2v) is 5.89. The Balaban J connectivity index is 1.84. The van der Waals surface area contributed by atoms with Crippen LogP contribution in [0, 0.1) is 0 Å². The topological polar surface area (TPSA) is 46.6 Å². The number of nitrogens with zero attached hydrogens (tertiary/aromatic N) is 1. The zero-order valence-corrected chi connectivity index (χ0v) is 13.8. The number of benzene rings is 2. The second kappa shape index (κ2) is 7.30. The first-order chi connectivity index (χ1) is 11.7. The Morgan fingerprint density at radius 2 is 1.75 bits per heavy atom. The minimum atomic E-state index is -0.345. The summed E-state index contributed by atoms with van der Waals surface area (Å²) in [5.74, 6) is 0.188. The van der Waals surface area contributed by atoms with E-state index in [4.69, 9.17) is 4.74 Å². The first-order valence-corrected chi connectivity index (χ1v) is 8.29. The molecule has 24 heavy (non-hydrogen) atoms. The molecule has 0 spiro atoms. The van der Waals surface area contributed by atoms with E-state index in [0.717, 1.165) is 16.7 Å². The molecule has 1 fully saturated rings. The highest BCUT2D eigenvalue weighted by Crippen LogP contribution is 2.31. The molecule has 1 amide bonds. The first kappa shape index (κ1) is 16.2. The molecule has 3 rings (SSSR count). The number of piperidine rings is 1. The van der Waals surface area contributed by atoms with Gasteiger partial charge in [-0.25, -0.2) is 4.79 Å².